The maximum atomic E-state index is 12.5. The number of hydrogen-bond donors (Lipinski definition) is 2. The number of nitrogens with one attached hydrogen (secondary N) is 1. The minimum atomic E-state index is -0.882. The van der Waals surface area contributed by atoms with Gasteiger partial charge in [0.25, 0.3) is 5.91 Å². The zero-order valence-corrected chi connectivity index (χ0v) is 18.1. The minimum Gasteiger partial charge on any atom is -0.481 e. The first-order chi connectivity index (χ1) is 16.0. The summed E-state index contributed by atoms with van der Waals surface area (Å²) in [5.74, 6) is -1.09. The number of carboxylic acid groups (broad SMARTS) is 1. The molecule has 0 unspecified atom stereocenters. The maximum absolute atomic E-state index is 12.5. The second kappa shape index (κ2) is 8.76. The van der Waals surface area contributed by atoms with E-state index in [9.17, 15) is 9.59 Å². The molecule has 2 N–H and O–H groups in total. The number of benzene rings is 3. The van der Waals surface area contributed by atoms with Crippen molar-refractivity contribution in [1.29, 1.82) is 0 Å². The predicted molar refractivity (Wildman–Crippen MR) is 130 cm³/mol. The summed E-state index contributed by atoms with van der Waals surface area (Å²) in [7, 11) is 0. The van der Waals surface area contributed by atoms with Gasteiger partial charge in [-0.1, -0.05) is 36.4 Å². The van der Waals surface area contributed by atoms with Gasteiger partial charge in [0.2, 0.25) is 0 Å². The number of aliphatic carboxylic acids is 1. The van der Waals surface area contributed by atoms with Crippen LogP contribution in [0.2, 0.25) is 0 Å². The molecule has 1 fully saturated rings. The van der Waals surface area contributed by atoms with E-state index >= 15 is 0 Å². The summed E-state index contributed by atoms with van der Waals surface area (Å²) in [6.45, 7) is 0. The number of rotatable bonds is 5. The Kier molecular flexibility index (Phi) is 5.50. The topological polar surface area (TPSA) is 96.6 Å². The lowest BCUT2D eigenvalue weighted by Crippen LogP contribution is -2.19. The number of fused-ring (bicyclic) bond motifs is 1. The molecule has 8 heteroatoms. The summed E-state index contributed by atoms with van der Waals surface area (Å²) in [6, 6.07) is 22.7. The Labute approximate surface area is 193 Å². The SMILES string of the molecule is O=C(O)Cc1ccc(N=C2NC(=O)C(=Cc3cccc(-n4cnc5ccccc54)c3)S2)cc1. The smallest absolute Gasteiger partial charge is 0.307 e. The quantitative estimate of drug-likeness (QED) is 0.432. The first kappa shape index (κ1) is 20.7. The molecule has 1 aliphatic heterocycles. The first-order valence-electron chi connectivity index (χ1n) is 10.2. The number of hydrogen-bond acceptors (Lipinski definition) is 5. The second-order valence-corrected chi connectivity index (χ2v) is 8.45. The molecule has 1 aliphatic rings. The monoisotopic (exact) mass is 454 g/mol. The third kappa shape index (κ3) is 4.56. The molecule has 7 nitrogen and oxygen atoms in total. The molecule has 3 aromatic carbocycles. The fraction of sp³-hybridized carbons (Fsp3) is 0.0400. The molecule has 0 radical (unpaired) electrons. The van der Waals surface area contributed by atoms with E-state index < -0.39 is 5.97 Å². The lowest BCUT2D eigenvalue weighted by Gasteiger charge is -2.05. The van der Waals surface area contributed by atoms with Crippen LogP contribution < -0.4 is 5.32 Å². The van der Waals surface area contributed by atoms with E-state index in [0.717, 1.165) is 22.3 Å². The number of amidine groups is 1. The van der Waals surface area contributed by atoms with Crippen LogP contribution in [-0.2, 0) is 16.0 Å². The Morgan fingerprint density at radius 3 is 2.73 bits per heavy atom. The Morgan fingerprint density at radius 1 is 1.09 bits per heavy atom. The molecule has 1 amide bonds. The van der Waals surface area contributed by atoms with Crippen molar-refractivity contribution in [3.8, 4) is 5.69 Å². The second-order valence-electron chi connectivity index (χ2n) is 7.42. The lowest BCUT2D eigenvalue weighted by molar-refractivity contribution is -0.136. The molecule has 4 aromatic rings. The highest BCUT2D eigenvalue weighted by Crippen LogP contribution is 2.29. The predicted octanol–water partition coefficient (Wildman–Crippen LogP) is 4.54. The van der Waals surface area contributed by atoms with Gasteiger partial charge in [-0.25, -0.2) is 9.98 Å². The summed E-state index contributed by atoms with van der Waals surface area (Å²) < 4.78 is 2.01. The number of thioether (sulfide) groups is 1. The van der Waals surface area contributed by atoms with Gasteiger partial charge in [-0.15, -0.1) is 0 Å². The van der Waals surface area contributed by atoms with Gasteiger partial charge in [-0.2, -0.15) is 0 Å². The van der Waals surface area contributed by atoms with E-state index in [-0.39, 0.29) is 12.3 Å². The Balaban J connectivity index is 1.37. The van der Waals surface area contributed by atoms with Gasteiger partial charge in [-0.3, -0.25) is 14.2 Å². The van der Waals surface area contributed by atoms with Crippen molar-refractivity contribution >= 4 is 51.6 Å². The Hall–Kier alpha value is -4.17. The molecule has 33 heavy (non-hydrogen) atoms. The molecule has 1 saturated heterocycles. The van der Waals surface area contributed by atoms with Crippen molar-refractivity contribution in [2.24, 2.45) is 4.99 Å². The number of para-hydroxylation sites is 2. The highest BCUT2D eigenvalue weighted by Gasteiger charge is 2.23. The minimum absolute atomic E-state index is 0.0385. The highest BCUT2D eigenvalue weighted by atomic mass is 32.2. The number of carbonyl (C=O) groups is 2. The van der Waals surface area contributed by atoms with Crippen molar-refractivity contribution in [3.63, 3.8) is 0 Å². The number of carboxylic acids is 1. The molecule has 0 bridgehead atoms. The zero-order chi connectivity index (χ0) is 22.8. The van der Waals surface area contributed by atoms with Gasteiger partial charge < -0.3 is 10.4 Å². The van der Waals surface area contributed by atoms with Crippen molar-refractivity contribution < 1.29 is 14.7 Å². The molecule has 0 atom stereocenters. The van der Waals surface area contributed by atoms with Gasteiger partial charge in [0.15, 0.2) is 5.17 Å². The molecule has 0 aliphatic carbocycles. The Bertz CT molecular complexity index is 1440. The number of aliphatic imine (C=N–C) groups is 1. The summed E-state index contributed by atoms with van der Waals surface area (Å²) in [5, 5.41) is 12.1. The van der Waals surface area contributed by atoms with Crippen LogP contribution in [0.25, 0.3) is 22.8 Å². The van der Waals surface area contributed by atoms with Crippen LogP contribution in [0.15, 0.2) is 89.0 Å². The Morgan fingerprint density at radius 2 is 1.91 bits per heavy atom. The molecule has 2 heterocycles. The first-order valence-corrected chi connectivity index (χ1v) is 11.0. The molecule has 1 aromatic heterocycles. The van der Waals surface area contributed by atoms with Crippen LogP contribution in [0.5, 0.6) is 0 Å². The van der Waals surface area contributed by atoms with Gasteiger partial charge in [0, 0.05) is 5.69 Å². The standard InChI is InChI=1S/C25H18N4O3S/c30-23(31)14-16-8-10-18(11-9-16)27-25-28-24(32)22(33-25)13-17-4-3-5-19(12-17)29-15-26-20-6-1-2-7-21(20)29/h1-13,15H,14H2,(H,30,31)(H,27,28,32). The van der Waals surface area contributed by atoms with Gasteiger partial charge in [0.05, 0.1) is 28.0 Å². The summed E-state index contributed by atoms with van der Waals surface area (Å²) >= 11 is 1.27. The zero-order valence-electron chi connectivity index (χ0n) is 17.3. The van der Waals surface area contributed by atoms with Crippen LogP contribution in [0, 0.1) is 0 Å². The third-order valence-corrected chi connectivity index (χ3v) is 5.98. The number of amides is 1. The number of aromatic nitrogens is 2. The molecule has 0 saturated carbocycles. The van der Waals surface area contributed by atoms with E-state index in [0.29, 0.717) is 21.3 Å². The van der Waals surface area contributed by atoms with Crippen molar-refractivity contribution in [1.82, 2.24) is 14.9 Å². The molecule has 5 rings (SSSR count). The molecule has 0 spiro atoms. The third-order valence-electron chi connectivity index (χ3n) is 5.07. The van der Waals surface area contributed by atoms with E-state index in [1.54, 1.807) is 30.6 Å². The number of nitrogens with zero attached hydrogens (tertiary/aromatic N) is 3. The van der Waals surface area contributed by atoms with E-state index in [4.69, 9.17) is 5.11 Å². The van der Waals surface area contributed by atoms with E-state index in [1.165, 1.54) is 11.8 Å². The fourth-order valence-corrected chi connectivity index (χ4v) is 4.38. The number of imidazole rings is 1. The van der Waals surface area contributed by atoms with Gasteiger partial charge >= 0.3 is 5.97 Å². The van der Waals surface area contributed by atoms with Crippen molar-refractivity contribution in [3.05, 3.63) is 95.2 Å². The summed E-state index contributed by atoms with van der Waals surface area (Å²) in [6.07, 6.45) is 3.59. The van der Waals surface area contributed by atoms with Gasteiger partial charge in [-0.05, 0) is 65.4 Å². The van der Waals surface area contributed by atoms with Crippen LogP contribution >= 0.6 is 11.8 Å². The van der Waals surface area contributed by atoms with Crippen LogP contribution in [0.3, 0.4) is 0 Å². The summed E-state index contributed by atoms with van der Waals surface area (Å²) in [5.41, 5.74) is 5.12. The molecular weight excluding hydrogens is 436 g/mol. The molecular formula is C25H18N4O3S. The lowest BCUT2D eigenvalue weighted by atomic mass is 10.1. The van der Waals surface area contributed by atoms with Crippen LogP contribution in [0.4, 0.5) is 5.69 Å². The number of carbonyl (C=O) groups excluding carboxylic acids is 1. The van der Waals surface area contributed by atoms with E-state index in [1.807, 2.05) is 59.2 Å². The van der Waals surface area contributed by atoms with Crippen LogP contribution in [0.1, 0.15) is 11.1 Å². The fourth-order valence-electron chi connectivity index (χ4n) is 3.54. The average molecular weight is 455 g/mol. The van der Waals surface area contributed by atoms with Crippen molar-refractivity contribution in [2.75, 3.05) is 0 Å². The van der Waals surface area contributed by atoms with E-state index in [2.05, 4.69) is 15.3 Å². The summed E-state index contributed by atoms with van der Waals surface area (Å²) in [4.78, 5) is 32.7. The maximum Gasteiger partial charge on any atom is 0.307 e. The molecule has 162 valence electrons. The van der Waals surface area contributed by atoms with Gasteiger partial charge in [0.1, 0.15) is 6.33 Å². The van der Waals surface area contributed by atoms with Crippen LogP contribution in [-0.4, -0.2) is 31.7 Å². The average Bonchev–Trinajstić information content (AvgIpc) is 3.38. The normalized spacial score (nSPS) is 15.9. The largest absolute Gasteiger partial charge is 0.481 e. The highest BCUT2D eigenvalue weighted by molar-refractivity contribution is 8.18. The van der Waals surface area contributed by atoms with Crippen molar-refractivity contribution in [2.45, 2.75) is 6.42 Å².